The zero-order valence-corrected chi connectivity index (χ0v) is 32.4. The van der Waals surface area contributed by atoms with Crippen LogP contribution in [0, 0.1) is 52.3 Å². The minimum atomic E-state index is 0.0585. The predicted octanol–water partition coefficient (Wildman–Crippen LogP) is 13.8. The van der Waals surface area contributed by atoms with Crippen LogP contribution in [0.5, 0.6) is 0 Å². The summed E-state index contributed by atoms with van der Waals surface area (Å²) in [5.74, 6) is 5.56. The van der Waals surface area contributed by atoms with Gasteiger partial charge in [-0.2, -0.15) is 0 Å². The van der Waals surface area contributed by atoms with Gasteiger partial charge in [0, 0.05) is 12.8 Å². The van der Waals surface area contributed by atoms with Crippen LogP contribution in [-0.4, -0.2) is 12.1 Å². The Morgan fingerprint density at radius 3 is 2.06 bits per heavy atom. The molecule has 0 heterocycles. The highest BCUT2D eigenvalue weighted by Gasteiger charge is 2.59. The van der Waals surface area contributed by atoms with E-state index in [4.69, 9.17) is 4.74 Å². The third kappa shape index (κ3) is 10.0. The van der Waals surface area contributed by atoms with Gasteiger partial charge in [-0.25, -0.2) is 0 Å². The predicted molar refractivity (Wildman–Crippen MR) is 202 cm³/mol. The second-order valence-electron chi connectivity index (χ2n) is 17.9. The maximum atomic E-state index is 12.8. The highest BCUT2D eigenvalue weighted by molar-refractivity contribution is 5.69. The van der Waals surface area contributed by atoms with Crippen LogP contribution in [0.1, 0.15) is 196 Å². The summed E-state index contributed by atoms with van der Waals surface area (Å²) in [6.45, 7) is 17.2. The summed E-state index contributed by atoms with van der Waals surface area (Å²) in [7, 11) is 0. The number of esters is 1. The van der Waals surface area contributed by atoms with E-state index in [2.05, 4.69) is 66.7 Å². The number of hydrogen-bond acceptors (Lipinski definition) is 2. The first-order valence-corrected chi connectivity index (χ1v) is 21.2. The van der Waals surface area contributed by atoms with Gasteiger partial charge in [0.25, 0.3) is 0 Å². The first-order chi connectivity index (χ1) is 22.6. The molecule has 0 aromatic rings. The van der Waals surface area contributed by atoms with Crippen molar-refractivity contribution < 1.29 is 9.53 Å². The molecule has 270 valence electrons. The molecule has 0 amide bonds. The summed E-state index contributed by atoms with van der Waals surface area (Å²) < 4.78 is 6.13. The molecule has 3 fully saturated rings. The summed E-state index contributed by atoms with van der Waals surface area (Å²) in [5.41, 5.74) is 2.45. The van der Waals surface area contributed by atoms with Gasteiger partial charge in [-0.1, -0.05) is 149 Å². The van der Waals surface area contributed by atoms with Crippen LogP contribution >= 0.6 is 0 Å². The Bertz CT molecular complexity index is 992. The molecule has 0 bridgehead atoms. The van der Waals surface area contributed by atoms with Crippen molar-refractivity contribution >= 4 is 5.97 Å². The third-order valence-corrected chi connectivity index (χ3v) is 14.5. The van der Waals surface area contributed by atoms with Crippen LogP contribution in [0.4, 0.5) is 0 Å². The fourth-order valence-electron chi connectivity index (χ4n) is 11.4. The van der Waals surface area contributed by atoms with Crippen molar-refractivity contribution in [1.82, 2.24) is 0 Å². The molecule has 0 aromatic heterocycles. The van der Waals surface area contributed by atoms with Crippen molar-refractivity contribution in [3.8, 4) is 0 Å². The molecular formula is C45H78O2. The number of hydrogen-bond donors (Lipinski definition) is 0. The summed E-state index contributed by atoms with van der Waals surface area (Å²) in [6, 6.07) is 0. The quantitative estimate of drug-likeness (QED) is 0.0744. The van der Waals surface area contributed by atoms with Crippen LogP contribution in [0.3, 0.4) is 0 Å². The van der Waals surface area contributed by atoms with Crippen LogP contribution in [0.2, 0.25) is 0 Å². The number of rotatable bonds is 20. The zero-order valence-electron chi connectivity index (χ0n) is 32.4. The topological polar surface area (TPSA) is 26.3 Å². The van der Waals surface area contributed by atoms with E-state index >= 15 is 0 Å². The Balaban J connectivity index is 1.17. The third-order valence-electron chi connectivity index (χ3n) is 14.5. The van der Waals surface area contributed by atoms with Crippen molar-refractivity contribution in [1.29, 1.82) is 0 Å². The van der Waals surface area contributed by atoms with Crippen LogP contribution in [-0.2, 0) is 9.53 Å². The maximum Gasteiger partial charge on any atom is 0.306 e. The monoisotopic (exact) mass is 651 g/mol. The lowest BCUT2D eigenvalue weighted by molar-refractivity contribution is -0.151. The molecule has 9 unspecified atom stereocenters. The van der Waals surface area contributed by atoms with E-state index in [9.17, 15) is 4.79 Å². The molecule has 0 saturated heterocycles. The Kier molecular flexibility index (Phi) is 15.5. The fraction of sp³-hybridized carbons (Fsp3) is 0.889. The number of unbranched alkanes of at least 4 members (excludes halogenated alkanes) is 12. The van der Waals surface area contributed by atoms with E-state index in [0.29, 0.717) is 29.1 Å². The van der Waals surface area contributed by atoms with Gasteiger partial charge in [0.05, 0.1) is 0 Å². The summed E-state index contributed by atoms with van der Waals surface area (Å²) in [6.07, 6.45) is 37.4. The van der Waals surface area contributed by atoms with E-state index in [1.807, 2.05) is 0 Å². The van der Waals surface area contributed by atoms with Gasteiger partial charge in [-0.15, -0.1) is 0 Å². The van der Waals surface area contributed by atoms with E-state index in [0.717, 1.165) is 48.9 Å². The molecule has 0 aliphatic heterocycles. The maximum absolute atomic E-state index is 12.8. The first kappa shape index (κ1) is 38.7. The van der Waals surface area contributed by atoms with Crippen molar-refractivity contribution in [2.75, 3.05) is 0 Å². The van der Waals surface area contributed by atoms with Gasteiger partial charge in [-0.3, -0.25) is 4.79 Å². The van der Waals surface area contributed by atoms with Gasteiger partial charge >= 0.3 is 5.97 Å². The van der Waals surface area contributed by atoms with E-state index in [1.165, 1.54) is 122 Å². The number of ether oxygens (including phenoxy) is 1. The smallest absolute Gasteiger partial charge is 0.306 e. The first-order valence-electron chi connectivity index (χ1n) is 21.2. The lowest BCUT2D eigenvalue weighted by Crippen LogP contribution is -2.51. The molecular weight excluding hydrogens is 572 g/mol. The Labute approximate surface area is 293 Å². The number of carbonyl (C=O) groups excluding carboxylic acids is 1. The molecule has 0 spiro atoms. The lowest BCUT2D eigenvalue weighted by atomic mass is 9.47. The molecule has 0 radical (unpaired) electrons. The number of carbonyl (C=O) groups is 1. The van der Waals surface area contributed by atoms with E-state index in [-0.39, 0.29) is 12.1 Å². The average Bonchev–Trinajstić information content (AvgIpc) is 3.41. The van der Waals surface area contributed by atoms with Gasteiger partial charge in [0.2, 0.25) is 0 Å². The normalized spacial score (nSPS) is 33.3. The van der Waals surface area contributed by atoms with Crippen LogP contribution < -0.4 is 0 Å². The van der Waals surface area contributed by atoms with Gasteiger partial charge in [-0.05, 0) is 110 Å². The van der Waals surface area contributed by atoms with Crippen LogP contribution in [0.25, 0.3) is 0 Å². The second-order valence-corrected chi connectivity index (χ2v) is 17.9. The van der Waals surface area contributed by atoms with Gasteiger partial charge in [0.15, 0.2) is 0 Å². The molecule has 3 saturated carbocycles. The summed E-state index contributed by atoms with van der Waals surface area (Å²) >= 11 is 0. The van der Waals surface area contributed by atoms with Crippen molar-refractivity contribution in [2.24, 2.45) is 52.3 Å². The second kappa shape index (κ2) is 18.8. The molecule has 2 heteroatoms. The van der Waals surface area contributed by atoms with Crippen molar-refractivity contribution in [3.05, 3.63) is 23.8 Å². The molecule has 2 nitrogen and oxygen atoms in total. The minimum Gasteiger partial charge on any atom is -0.462 e. The molecule has 4 aliphatic carbocycles. The Hall–Kier alpha value is -1.05. The standard InChI is InChI=1S/C45H78O2/c1-8-10-11-12-13-14-15-16-17-18-19-20-21-22-43(46)47-38-29-31-44(6)37(33-38)25-26-39-41-28-27-40(45(41,7)32-30-42(39)44)35(5)23-24-36(9-2)34(3)4/h23-25,34-36,38-42H,8-22,26-33H2,1-7H3/b24-23+. The fourth-order valence-corrected chi connectivity index (χ4v) is 11.4. The van der Waals surface area contributed by atoms with Gasteiger partial charge in [0.1, 0.15) is 6.10 Å². The molecule has 4 rings (SSSR count). The van der Waals surface area contributed by atoms with Crippen LogP contribution in [0.15, 0.2) is 23.8 Å². The Morgan fingerprint density at radius 1 is 0.809 bits per heavy atom. The highest BCUT2D eigenvalue weighted by atomic mass is 16.5. The minimum absolute atomic E-state index is 0.0585. The molecule has 0 aromatic carbocycles. The average molecular weight is 651 g/mol. The van der Waals surface area contributed by atoms with Crippen molar-refractivity contribution in [2.45, 2.75) is 202 Å². The van der Waals surface area contributed by atoms with E-state index in [1.54, 1.807) is 5.57 Å². The Morgan fingerprint density at radius 2 is 1.45 bits per heavy atom. The molecule has 9 atom stereocenters. The van der Waals surface area contributed by atoms with E-state index < -0.39 is 0 Å². The zero-order chi connectivity index (χ0) is 33.9. The molecule has 4 aliphatic rings. The number of fused-ring (bicyclic) bond motifs is 5. The number of allylic oxidation sites excluding steroid dienone is 3. The molecule has 0 N–H and O–H groups in total. The largest absolute Gasteiger partial charge is 0.462 e. The molecule has 47 heavy (non-hydrogen) atoms. The van der Waals surface area contributed by atoms with Crippen molar-refractivity contribution in [3.63, 3.8) is 0 Å². The highest BCUT2D eigenvalue weighted by Crippen LogP contribution is 2.67. The van der Waals surface area contributed by atoms with Gasteiger partial charge < -0.3 is 4.74 Å². The SMILES string of the molecule is CCCCCCCCCCCCCCCC(=O)OC1CCC2(C)C(=CCC3C2CCC2(C)C(C(C)/C=C/C(CC)C(C)C)CCC32)C1. The summed E-state index contributed by atoms with van der Waals surface area (Å²) in [4.78, 5) is 12.8. The lowest BCUT2D eigenvalue weighted by Gasteiger charge is -2.58. The summed E-state index contributed by atoms with van der Waals surface area (Å²) in [5, 5.41) is 0.